The lowest BCUT2D eigenvalue weighted by Gasteiger charge is -2.18. The van der Waals surface area contributed by atoms with Gasteiger partial charge in [0.25, 0.3) is 0 Å². The molecule has 1 fully saturated rings. The predicted molar refractivity (Wildman–Crippen MR) is 106 cm³/mol. The van der Waals surface area contributed by atoms with E-state index in [1.54, 1.807) is 11.1 Å². The molecular weight excluding hydrogens is 338 g/mol. The summed E-state index contributed by atoms with van der Waals surface area (Å²) < 4.78 is 1.86. The van der Waals surface area contributed by atoms with E-state index in [1.165, 1.54) is 11.1 Å². The Kier molecular flexibility index (Phi) is 4.89. The Bertz CT molecular complexity index is 887. The minimum absolute atomic E-state index is 0.0153. The molecule has 138 valence electrons. The van der Waals surface area contributed by atoms with Crippen LogP contribution in [0.3, 0.4) is 0 Å². The summed E-state index contributed by atoms with van der Waals surface area (Å²) in [5.74, 6) is 0. The zero-order chi connectivity index (χ0) is 18.6. The summed E-state index contributed by atoms with van der Waals surface area (Å²) in [6, 6.07) is 18.6. The maximum atomic E-state index is 11.7. The molecule has 0 radical (unpaired) electrons. The van der Waals surface area contributed by atoms with Crippen LogP contribution in [0.1, 0.15) is 11.1 Å². The molecule has 4 rings (SSSR count). The van der Waals surface area contributed by atoms with Gasteiger partial charge in [-0.3, -0.25) is 9.80 Å². The quantitative estimate of drug-likeness (QED) is 0.734. The summed E-state index contributed by atoms with van der Waals surface area (Å²) in [5, 5.41) is 7.08. The van der Waals surface area contributed by atoms with Gasteiger partial charge in [-0.15, -0.1) is 0 Å². The third-order valence-corrected chi connectivity index (χ3v) is 4.72. The number of carbonyl (C=O) groups is 1. The van der Waals surface area contributed by atoms with E-state index in [4.69, 9.17) is 0 Å². The van der Waals surface area contributed by atoms with E-state index in [0.29, 0.717) is 6.54 Å². The van der Waals surface area contributed by atoms with Crippen molar-refractivity contribution in [3.05, 3.63) is 78.1 Å². The molecule has 0 spiro atoms. The van der Waals surface area contributed by atoms with Crippen LogP contribution >= 0.6 is 0 Å². The summed E-state index contributed by atoms with van der Waals surface area (Å²) >= 11 is 0. The Balaban J connectivity index is 1.35. The average Bonchev–Trinajstić information content (AvgIpc) is 3.35. The molecule has 0 aliphatic carbocycles. The molecule has 6 nitrogen and oxygen atoms in total. The summed E-state index contributed by atoms with van der Waals surface area (Å²) in [7, 11) is 2.11. The maximum Gasteiger partial charge on any atom is 0.321 e. The molecule has 0 saturated carbocycles. The number of urea groups is 1. The molecule has 1 aliphatic heterocycles. The van der Waals surface area contributed by atoms with Crippen LogP contribution < -0.4 is 10.2 Å². The summed E-state index contributed by atoms with van der Waals surface area (Å²) in [6.45, 7) is 3.16. The van der Waals surface area contributed by atoms with Gasteiger partial charge >= 0.3 is 6.03 Å². The first kappa shape index (κ1) is 17.3. The third-order valence-electron chi connectivity index (χ3n) is 4.72. The molecule has 0 atom stereocenters. The number of carbonyl (C=O) groups excluding carboxylic acids is 1. The van der Waals surface area contributed by atoms with Crippen LogP contribution in [0.2, 0.25) is 0 Å². The summed E-state index contributed by atoms with van der Waals surface area (Å²) in [4.78, 5) is 15.8. The molecule has 1 saturated heterocycles. The van der Waals surface area contributed by atoms with Crippen molar-refractivity contribution in [3.8, 4) is 5.69 Å². The molecule has 3 aromatic rings. The van der Waals surface area contributed by atoms with E-state index in [-0.39, 0.29) is 6.03 Å². The van der Waals surface area contributed by atoms with Crippen LogP contribution in [-0.4, -0.2) is 40.8 Å². The van der Waals surface area contributed by atoms with Gasteiger partial charge in [-0.25, -0.2) is 9.48 Å². The highest BCUT2D eigenvalue weighted by Gasteiger charge is 2.20. The molecule has 2 aromatic carbocycles. The molecule has 1 aliphatic rings. The van der Waals surface area contributed by atoms with Crippen molar-refractivity contribution in [2.24, 2.45) is 0 Å². The topological polar surface area (TPSA) is 53.4 Å². The number of hydrogen-bond donors (Lipinski definition) is 1. The molecular formula is C21H23N5O. The van der Waals surface area contributed by atoms with E-state index < -0.39 is 0 Å². The second-order valence-corrected chi connectivity index (χ2v) is 6.84. The second-order valence-electron chi connectivity index (χ2n) is 6.84. The van der Waals surface area contributed by atoms with E-state index in [0.717, 1.165) is 31.0 Å². The van der Waals surface area contributed by atoms with Crippen molar-refractivity contribution in [2.45, 2.75) is 13.1 Å². The third kappa shape index (κ3) is 4.01. The minimum Gasteiger partial charge on any atom is -0.336 e. The Morgan fingerprint density at radius 2 is 1.63 bits per heavy atom. The fraction of sp³-hybridized carbons (Fsp3) is 0.238. The monoisotopic (exact) mass is 361 g/mol. The number of nitrogens with zero attached hydrogens (tertiary/aromatic N) is 4. The van der Waals surface area contributed by atoms with Crippen molar-refractivity contribution in [1.29, 1.82) is 0 Å². The summed E-state index contributed by atoms with van der Waals surface area (Å²) in [5.41, 5.74) is 4.51. The van der Waals surface area contributed by atoms with Crippen LogP contribution in [0.15, 0.2) is 67.0 Å². The van der Waals surface area contributed by atoms with Crippen LogP contribution in [-0.2, 0) is 13.1 Å². The van der Waals surface area contributed by atoms with Gasteiger partial charge in [0.2, 0.25) is 0 Å². The Labute approximate surface area is 159 Å². The van der Waals surface area contributed by atoms with Gasteiger partial charge in [0.05, 0.1) is 5.69 Å². The van der Waals surface area contributed by atoms with E-state index in [1.807, 2.05) is 29.1 Å². The number of benzene rings is 2. The number of nitrogens with one attached hydrogen (secondary N) is 1. The van der Waals surface area contributed by atoms with Gasteiger partial charge in [-0.05, 0) is 48.5 Å². The van der Waals surface area contributed by atoms with Gasteiger partial charge in [-0.2, -0.15) is 5.10 Å². The van der Waals surface area contributed by atoms with Crippen LogP contribution in [0.25, 0.3) is 5.69 Å². The lowest BCUT2D eigenvalue weighted by atomic mass is 10.1. The standard InChI is InChI=1S/C21H23N5O/c1-24(16-18-5-9-20(10-6-18)26-13-2-11-23-26)15-17-3-7-19(8-4-17)25-14-12-22-21(25)27/h2-11,13H,12,14-16H2,1H3,(H,22,27). The number of hydrogen-bond acceptors (Lipinski definition) is 3. The van der Waals surface area contributed by atoms with Gasteiger partial charge in [0.15, 0.2) is 0 Å². The zero-order valence-corrected chi connectivity index (χ0v) is 15.4. The molecule has 0 unspecified atom stereocenters. The lowest BCUT2D eigenvalue weighted by Crippen LogP contribution is -2.27. The van der Waals surface area contributed by atoms with Crippen LogP contribution in [0.4, 0.5) is 10.5 Å². The second kappa shape index (κ2) is 7.63. The molecule has 2 amide bonds. The fourth-order valence-corrected chi connectivity index (χ4v) is 3.35. The highest BCUT2D eigenvalue weighted by Crippen LogP contribution is 2.18. The molecule has 6 heteroatoms. The number of anilines is 1. The van der Waals surface area contributed by atoms with Crippen LogP contribution in [0.5, 0.6) is 0 Å². The first-order valence-electron chi connectivity index (χ1n) is 9.11. The molecule has 2 heterocycles. The zero-order valence-electron chi connectivity index (χ0n) is 15.4. The van der Waals surface area contributed by atoms with Crippen molar-refractivity contribution >= 4 is 11.7 Å². The van der Waals surface area contributed by atoms with Gasteiger partial charge < -0.3 is 5.32 Å². The molecule has 1 aromatic heterocycles. The first-order valence-corrected chi connectivity index (χ1v) is 9.11. The molecule has 27 heavy (non-hydrogen) atoms. The largest absolute Gasteiger partial charge is 0.336 e. The highest BCUT2D eigenvalue weighted by atomic mass is 16.2. The number of rotatable bonds is 6. The van der Waals surface area contributed by atoms with Crippen molar-refractivity contribution < 1.29 is 4.79 Å². The predicted octanol–water partition coefficient (Wildman–Crippen LogP) is 3.03. The first-order chi connectivity index (χ1) is 13.2. The van der Waals surface area contributed by atoms with Gasteiger partial charge in [0, 0.05) is 44.3 Å². The van der Waals surface area contributed by atoms with Crippen molar-refractivity contribution in [1.82, 2.24) is 20.0 Å². The minimum atomic E-state index is -0.0153. The van der Waals surface area contributed by atoms with E-state index in [2.05, 4.69) is 58.8 Å². The molecule has 1 N–H and O–H groups in total. The average molecular weight is 361 g/mol. The SMILES string of the molecule is CN(Cc1ccc(N2CCNC2=O)cc1)Cc1ccc(-n2cccn2)cc1. The van der Waals surface area contributed by atoms with E-state index >= 15 is 0 Å². The fourth-order valence-electron chi connectivity index (χ4n) is 3.35. The Morgan fingerprint density at radius 3 is 2.15 bits per heavy atom. The lowest BCUT2D eigenvalue weighted by molar-refractivity contribution is 0.252. The van der Waals surface area contributed by atoms with Gasteiger partial charge in [-0.1, -0.05) is 24.3 Å². The number of aromatic nitrogens is 2. The van der Waals surface area contributed by atoms with Gasteiger partial charge in [0.1, 0.15) is 0 Å². The number of amides is 2. The van der Waals surface area contributed by atoms with Crippen molar-refractivity contribution in [3.63, 3.8) is 0 Å². The molecule has 0 bridgehead atoms. The maximum absolute atomic E-state index is 11.7. The Morgan fingerprint density at radius 1 is 1.00 bits per heavy atom. The van der Waals surface area contributed by atoms with Crippen LogP contribution in [0, 0.1) is 0 Å². The Hall–Kier alpha value is -3.12. The van der Waals surface area contributed by atoms with Crippen molar-refractivity contribution in [2.75, 3.05) is 25.0 Å². The van der Waals surface area contributed by atoms with E-state index in [9.17, 15) is 4.79 Å². The normalized spacial score (nSPS) is 14.0. The highest BCUT2D eigenvalue weighted by molar-refractivity contribution is 5.93. The smallest absolute Gasteiger partial charge is 0.321 e. The summed E-state index contributed by atoms with van der Waals surface area (Å²) in [6.07, 6.45) is 3.72.